The average Bonchev–Trinajstić information content (AvgIpc) is 2.85. The lowest BCUT2D eigenvalue weighted by molar-refractivity contribution is 0.462. The first-order valence-corrected chi connectivity index (χ1v) is 7.12. The molecule has 0 saturated heterocycles. The van der Waals surface area contributed by atoms with Crippen molar-refractivity contribution in [2.24, 2.45) is 11.3 Å². The van der Waals surface area contributed by atoms with E-state index in [0.717, 1.165) is 12.1 Å². The van der Waals surface area contributed by atoms with E-state index in [1.54, 1.807) is 6.20 Å². The van der Waals surface area contributed by atoms with E-state index in [2.05, 4.69) is 54.0 Å². The lowest BCUT2D eigenvalue weighted by Crippen LogP contribution is -2.27. The molecule has 1 heterocycles. The minimum atomic E-state index is -0.0628. The summed E-state index contributed by atoms with van der Waals surface area (Å²) in [5.41, 5.74) is 1.06. The standard InChI is InChI=1S/C13H20BrN3O/c1-8(2)7-17-12(18)11(14)9(6-15-17)16-10-5-13(10,3)4/h6,8,10,16H,5,7H2,1-4H3. The maximum absolute atomic E-state index is 12.1. The Morgan fingerprint density at radius 1 is 1.61 bits per heavy atom. The zero-order valence-electron chi connectivity index (χ0n) is 11.3. The van der Waals surface area contributed by atoms with Gasteiger partial charge in [-0.15, -0.1) is 0 Å². The summed E-state index contributed by atoms with van der Waals surface area (Å²) in [4.78, 5) is 12.1. The van der Waals surface area contributed by atoms with Crippen molar-refractivity contribution in [3.63, 3.8) is 0 Å². The first-order chi connectivity index (χ1) is 8.31. The Hall–Kier alpha value is -0.840. The van der Waals surface area contributed by atoms with E-state index in [9.17, 15) is 4.79 Å². The van der Waals surface area contributed by atoms with Gasteiger partial charge in [-0.25, -0.2) is 4.68 Å². The molecule has 100 valence electrons. The molecular weight excluding hydrogens is 294 g/mol. The molecule has 1 aromatic heterocycles. The summed E-state index contributed by atoms with van der Waals surface area (Å²) in [6.45, 7) is 9.21. The molecule has 0 amide bonds. The second-order valence-corrected chi connectivity index (χ2v) is 6.94. The summed E-state index contributed by atoms with van der Waals surface area (Å²) in [5.74, 6) is 0.406. The maximum atomic E-state index is 12.1. The minimum absolute atomic E-state index is 0.0628. The molecule has 1 saturated carbocycles. The molecule has 1 atom stereocenters. The number of hydrogen-bond donors (Lipinski definition) is 1. The number of aromatic nitrogens is 2. The van der Waals surface area contributed by atoms with E-state index in [1.165, 1.54) is 4.68 Å². The molecule has 2 rings (SSSR count). The first kappa shape index (κ1) is 13.6. The normalized spacial score (nSPS) is 21.1. The van der Waals surface area contributed by atoms with E-state index in [0.29, 0.717) is 28.4 Å². The number of rotatable bonds is 4. The third kappa shape index (κ3) is 2.76. The number of halogens is 1. The molecule has 0 bridgehead atoms. The summed E-state index contributed by atoms with van der Waals surface area (Å²) < 4.78 is 2.10. The largest absolute Gasteiger partial charge is 0.379 e. The van der Waals surface area contributed by atoms with Gasteiger partial charge < -0.3 is 5.32 Å². The third-order valence-electron chi connectivity index (χ3n) is 3.37. The molecule has 1 aliphatic rings. The molecule has 1 aromatic rings. The number of hydrogen-bond acceptors (Lipinski definition) is 3. The highest BCUT2D eigenvalue weighted by Gasteiger charge is 2.45. The van der Waals surface area contributed by atoms with Crippen LogP contribution in [0.15, 0.2) is 15.5 Å². The smallest absolute Gasteiger partial charge is 0.283 e. The zero-order valence-corrected chi connectivity index (χ0v) is 12.9. The van der Waals surface area contributed by atoms with Crippen LogP contribution in [0.1, 0.15) is 34.1 Å². The number of nitrogens with zero attached hydrogens (tertiary/aromatic N) is 2. The molecule has 18 heavy (non-hydrogen) atoms. The lowest BCUT2D eigenvalue weighted by Gasteiger charge is -2.12. The highest BCUT2D eigenvalue weighted by Crippen LogP contribution is 2.46. The van der Waals surface area contributed by atoms with E-state index >= 15 is 0 Å². The Labute approximate surface area is 116 Å². The van der Waals surface area contributed by atoms with E-state index in [1.807, 2.05) is 0 Å². The van der Waals surface area contributed by atoms with Crippen LogP contribution in [-0.2, 0) is 6.54 Å². The highest BCUT2D eigenvalue weighted by atomic mass is 79.9. The summed E-state index contributed by atoms with van der Waals surface area (Å²) in [5, 5.41) is 7.59. The Bertz CT molecular complexity index is 507. The van der Waals surface area contributed by atoms with Gasteiger partial charge in [0.1, 0.15) is 4.47 Å². The summed E-state index contributed by atoms with van der Waals surface area (Å²) in [6, 6.07) is 0.441. The van der Waals surface area contributed by atoms with Crippen LogP contribution in [0.3, 0.4) is 0 Å². The van der Waals surface area contributed by atoms with Gasteiger partial charge in [0.05, 0.1) is 11.9 Å². The van der Waals surface area contributed by atoms with Crippen molar-refractivity contribution in [2.45, 2.75) is 46.7 Å². The molecule has 0 spiro atoms. The Morgan fingerprint density at radius 2 is 2.22 bits per heavy atom. The number of anilines is 1. The van der Waals surface area contributed by atoms with Crippen molar-refractivity contribution in [1.82, 2.24) is 9.78 Å². The topological polar surface area (TPSA) is 46.9 Å². The fourth-order valence-electron chi connectivity index (χ4n) is 1.94. The highest BCUT2D eigenvalue weighted by molar-refractivity contribution is 9.10. The van der Waals surface area contributed by atoms with Gasteiger partial charge >= 0.3 is 0 Å². The van der Waals surface area contributed by atoms with Gasteiger partial charge in [0.25, 0.3) is 5.56 Å². The first-order valence-electron chi connectivity index (χ1n) is 6.33. The van der Waals surface area contributed by atoms with Crippen LogP contribution in [0.4, 0.5) is 5.69 Å². The maximum Gasteiger partial charge on any atom is 0.283 e. The zero-order chi connectivity index (χ0) is 13.5. The van der Waals surface area contributed by atoms with Crippen molar-refractivity contribution in [3.8, 4) is 0 Å². The van der Waals surface area contributed by atoms with Crippen LogP contribution in [0.5, 0.6) is 0 Å². The van der Waals surface area contributed by atoms with Gasteiger partial charge in [0.15, 0.2) is 0 Å². The SMILES string of the molecule is CC(C)Cn1ncc(NC2CC2(C)C)c(Br)c1=O. The number of nitrogens with one attached hydrogen (secondary N) is 1. The van der Waals surface area contributed by atoms with Crippen LogP contribution >= 0.6 is 15.9 Å². The Morgan fingerprint density at radius 3 is 2.72 bits per heavy atom. The van der Waals surface area contributed by atoms with Crippen LogP contribution in [-0.4, -0.2) is 15.8 Å². The van der Waals surface area contributed by atoms with E-state index in [-0.39, 0.29) is 5.56 Å². The molecule has 0 aliphatic heterocycles. The van der Waals surface area contributed by atoms with Crippen molar-refractivity contribution in [2.75, 3.05) is 5.32 Å². The molecule has 1 fully saturated rings. The molecule has 5 heteroatoms. The predicted octanol–water partition coefficient (Wildman–Crippen LogP) is 2.87. The molecule has 1 aliphatic carbocycles. The van der Waals surface area contributed by atoms with Gasteiger partial charge in [-0.1, -0.05) is 27.7 Å². The van der Waals surface area contributed by atoms with Crippen molar-refractivity contribution in [3.05, 3.63) is 21.0 Å². The van der Waals surface area contributed by atoms with Crippen LogP contribution in [0.25, 0.3) is 0 Å². The molecule has 1 N–H and O–H groups in total. The Kier molecular flexibility index (Phi) is 3.54. The monoisotopic (exact) mass is 313 g/mol. The van der Waals surface area contributed by atoms with Gasteiger partial charge in [-0.3, -0.25) is 4.79 Å². The van der Waals surface area contributed by atoms with Crippen molar-refractivity contribution < 1.29 is 0 Å². The molecular formula is C13H20BrN3O. The van der Waals surface area contributed by atoms with Gasteiger partial charge in [-0.2, -0.15) is 5.10 Å². The fourth-order valence-corrected chi connectivity index (χ4v) is 2.36. The second kappa shape index (κ2) is 4.68. The predicted molar refractivity (Wildman–Crippen MR) is 76.8 cm³/mol. The van der Waals surface area contributed by atoms with Crippen LogP contribution in [0, 0.1) is 11.3 Å². The third-order valence-corrected chi connectivity index (χ3v) is 4.13. The van der Waals surface area contributed by atoms with Crippen molar-refractivity contribution in [1.29, 1.82) is 0 Å². The lowest BCUT2D eigenvalue weighted by atomic mass is 10.2. The van der Waals surface area contributed by atoms with Crippen LogP contribution in [0.2, 0.25) is 0 Å². The van der Waals surface area contributed by atoms with E-state index < -0.39 is 0 Å². The molecule has 1 unspecified atom stereocenters. The van der Waals surface area contributed by atoms with Gasteiger partial charge in [0, 0.05) is 12.6 Å². The average molecular weight is 314 g/mol. The molecule has 0 radical (unpaired) electrons. The minimum Gasteiger partial charge on any atom is -0.379 e. The Balaban J connectivity index is 2.19. The van der Waals surface area contributed by atoms with Crippen LogP contribution < -0.4 is 10.9 Å². The van der Waals surface area contributed by atoms with Crippen molar-refractivity contribution >= 4 is 21.6 Å². The second-order valence-electron chi connectivity index (χ2n) is 6.14. The molecule has 0 aromatic carbocycles. The van der Waals surface area contributed by atoms with Gasteiger partial charge in [0.2, 0.25) is 0 Å². The van der Waals surface area contributed by atoms with Gasteiger partial charge in [-0.05, 0) is 33.7 Å². The summed E-state index contributed by atoms with van der Waals surface area (Å²) in [6.07, 6.45) is 2.87. The summed E-state index contributed by atoms with van der Waals surface area (Å²) >= 11 is 3.38. The fraction of sp³-hybridized carbons (Fsp3) is 0.692. The summed E-state index contributed by atoms with van der Waals surface area (Å²) in [7, 11) is 0. The molecule has 4 nitrogen and oxygen atoms in total. The van der Waals surface area contributed by atoms with E-state index in [4.69, 9.17) is 0 Å². The quantitative estimate of drug-likeness (QED) is 0.929.